The molecule has 0 unspecified atom stereocenters. The predicted octanol–water partition coefficient (Wildman–Crippen LogP) is 2.99. The van der Waals surface area contributed by atoms with Crippen LogP contribution in [0.4, 0.5) is 8.78 Å². The zero-order valence-corrected chi connectivity index (χ0v) is 10.4. The Kier molecular flexibility index (Phi) is 3.39. The van der Waals surface area contributed by atoms with Crippen LogP contribution in [0.2, 0.25) is 0 Å². The van der Waals surface area contributed by atoms with Crippen molar-refractivity contribution in [3.63, 3.8) is 0 Å². The molecule has 0 aliphatic heterocycles. The third-order valence-corrected chi connectivity index (χ3v) is 3.52. The molecule has 0 aliphatic carbocycles. The maximum atomic E-state index is 13.1. The van der Waals surface area contributed by atoms with E-state index in [0.717, 1.165) is 23.5 Å². The summed E-state index contributed by atoms with van der Waals surface area (Å²) < 4.78 is 25.9. The van der Waals surface area contributed by atoms with E-state index in [9.17, 15) is 18.4 Å². The second-order valence-corrected chi connectivity index (χ2v) is 4.69. The van der Waals surface area contributed by atoms with Crippen molar-refractivity contribution in [2.24, 2.45) is 0 Å². The van der Waals surface area contributed by atoms with Crippen molar-refractivity contribution in [2.75, 3.05) is 0 Å². The summed E-state index contributed by atoms with van der Waals surface area (Å²) in [5.74, 6) is -3.85. The number of carbonyl (C=O) groups is 2. The molecule has 0 amide bonds. The van der Waals surface area contributed by atoms with Gasteiger partial charge in [0.15, 0.2) is 23.1 Å². The number of hydrogen-bond acceptors (Lipinski definition) is 4. The van der Waals surface area contributed by atoms with Gasteiger partial charge in [-0.3, -0.25) is 4.79 Å². The number of nitrogens with zero attached hydrogens (tertiary/aromatic N) is 1. The fourth-order valence-corrected chi connectivity index (χ4v) is 2.40. The van der Waals surface area contributed by atoms with Crippen molar-refractivity contribution in [3.8, 4) is 10.6 Å². The maximum absolute atomic E-state index is 13.1. The monoisotopic (exact) mass is 283 g/mol. The lowest BCUT2D eigenvalue weighted by molar-refractivity contribution is 0.0687. The zero-order valence-electron chi connectivity index (χ0n) is 9.61. The lowest BCUT2D eigenvalue weighted by Crippen LogP contribution is -2.03. The fraction of sp³-hybridized carbons (Fsp3) is 0.0833. The lowest BCUT2D eigenvalue weighted by atomic mass is 10.2. The topological polar surface area (TPSA) is 67.3 Å². The number of benzene rings is 1. The molecular formula is C12H7F2NO3S. The Hall–Kier alpha value is -2.15. The molecule has 0 saturated heterocycles. The Morgan fingerprint density at radius 3 is 2.42 bits per heavy atom. The van der Waals surface area contributed by atoms with E-state index in [1.54, 1.807) is 0 Å². The number of ketones is 1. The molecule has 2 rings (SSSR count). The molecule has 4 nitrogen and oxygen atoms in total. The van der Waals surface area contributed by atoms with Gasteiger partial charge in [-0.2, -0.15) is 0 Å². The van der Waals surface area contributed by atoms with E-state index < -0.39 is 23.4 Å². The first-order valence-corrected chi connectivity index (χ1v) is 5.92. The van der Waals surface area contributed by atoms with Crippen molar-refractivity contribution < 1.29 is 23.5 Å². The van der Waals surface area contributed by atoms with Crippen molar-refractivity contribution in [1.29, 1.82) is 0 Å². The molecule has 1 heterocycles. The molecule has 1 aromatic carbocycles. The largest absolute Gasteiger partial charge is 0.476 e. The molecule has 0 bridgehead atoms. The number of aromatic carboxylic acids is 1. The number of aromatic nitrogens is 1. The van der Waals surface area contributed by atoms with E-state index in [4.69, 9.17) is 5.11 Å². The average Bonchev–Trinajstić information content (AvgIpc) is 2.78. The van der Waals surface area contributed by atoms with E-state index in [-0.39, 0.29) is 21.1 Å². The van der Waals surface area contributed by atoms with Gasteiger partial charge < -0.3 is 5.11 Å². The first kappa shape index (κ1) is 13.3. The summed E-state index contributed by atoms with van der Waals surface area (Å²) >= 11 is 0.833. The lowest BCUT2D eigenvalue weighted by Gasteiger charge is -1.96. The van der Waals surface area contributed by atoms with Crippen molar-refractivity contribution in [3.05, 3.63) is 40.4 Å². The molecule has 2 aromatic rings. The Morgan fingerprint density at radius 1 is 1.26 bits per heavy atom. The highest BCUT2D eigenvalue weighted by molar-refractivity contribution is 7.17. The summed E-state index contributed by atoms with van der Waals surface area (Å²) in [7, 11) is 0. The van der Waals surface area contributed by atoms with Crippen LogP contribution in [-0.2, 0) is 0 Å². The van der Waals surface area contributed by atoms with E-state index in [1.807, 2.05) is 0 Å². The highest BCUT2D eigenvalue weighted by Crippen LogP contribution is 2.29. The van der Waals surface area contributed by atoms with Gasteiger partial charge in [0.2, 0.25) is 0 Å². The van der Waals surface area contributed by atoms with E-state index in [2.05, 4.69) is 4.98 Å². The maximum Gasteiger partial charge on any atom is 0.356 e. The molecule has 0 spiro atoms. The summed E-state index contributed by atoms with van der Waals surface area (Å²) in [6.45, 7) is 1.22. The molecule has 0 saturated carbocycles. The van der Waals surface area contributed by atoms with E-state index in [1.165, 1.54) is 13.0 Å². The second kappa shape index (κ2) is 4.85. The van der Waals surface area contributed by atoms with Crippen LogP contribution in [0.3, 0.4) is 0 Å². The number of carboxylic acids is 1. The average molecular weight is 283 g/mol. The molecule has 0 atom stereocenters. The van der Waals surface area contributed by atoms with Crippen molar-refractivity contribution in [1.82, 2.24) is 4.98 Å². The highest BCUT2D eigenvalue weighted by atomic mass is 32.1. The summed E-state index contributed by atoms with van der Waals surface area (Å²) in [5.41, 5.74) is -0.156. The number of Topliss-reactive ketones (excluding diaryl/α,β-unsaturated/α-hetero) is 1. The van der Waals surface area contributed by atoms with Gasteiger partial charge in [-0.05, 0) is 18.2 Å². The summed E-state index contributed by atoms with van der Waals surface area (Å²) in [5, 5.41) is 9.09. The minimum atomic E-state index is -1.34. The molecule has 0 aliphatic rings. The molecule has 0 radical (unpaired) electrons. The Balaban J connectivity index is 2.57. The van der Waals surface area contributed by atoms with Crippen LogP contribution < -0.4 is 0 Å². The molecule has 0 fully saturated rings. The van der Waals surface area contributed by atoms with E-state index >= 15 is 0 Å². The Morgan fingerprint density at radius 2 is 1.95 bits per heavy atom. The van der Waals surface area contributed by atoms with Crippen LogP contribution in [-0.4, -0.2) is 21.8 Å². The summed E-state index contributed by atoms with van der Waals surface area (Å²) in [6.07, 6.45) is 0. The van der Waals surface area contributed by atoms with Gasteiger partial charge in [0.05, 0.1) is 0 Å². The third kappa shape index (κ3) is 2.50. The van der Waals surface area contributed by atoms with Crippen LogP contribution in [0, 0.1) is 11.6 Å². The molecule has 98 valence electrons. The van der Waals surface area contributed by atoms with Gasteiger partial charge in [0.1, 0.15) is 9.88 Å². The summed E-state index contributed by atoms with van der Waals surface area (Å²) in [4.78, 5) is 26.0. The molecule has 1 aromatic heterocycles. The van der Waals surface area contributed by atoms with Gasteiger partial charge in [-0.15, -0.1) is 11.3 Å². The fourth-order valence-electron chi connectivity index (χ4n) is 1.46. The van der Waals surface area contributed by atoms with Crippen LogP contribution >= 0.6 is 11.3 Å². The van der Waals surface area contributed by atoms with E-state index in [0.29, 0.717) is 0 Å². The third-order valence-electron chi connectivity index (χ3n) is 2.32. The van der Waals surface area contributed by atoms with Gasteiger partial charge in [0.25, 0.3) is 0 Å². The van der Waals surface area contributed by atoms with Crippen LogP contribution in [0.1, 0.15) is 27.1 Å². The number of halogens is 2. The molecule has 19 heavy (non-hydrogen) atoms. The molecular weight excluding hydrogens is 276 g/mol. The van der Waals surface area contributed by atoms with Crippen LogP contribution in [0.15, 0.2) is 18.2 Å². The second-order valence-electron chi connectivity index (χ2n) is 3.69. The molecule has 1 N–H and O–H groups in total. The van der Waals surface area contributed by atoms with Crippen LogP contribution in [0.25, 0.3) is 10.6 Å². The Labute approximate surface area is 110 Å². The van der Waals surface area contributed by atoms with Gasteiger partial charge in [-0.25, -0.2) is 18.6 Å². The standard InChI is InChI=1S/C12H7F2NO3S/c1-5(16)10-9(12(17)18)15-11(19-10)6-2-3-7(13)8(14)4-6/h2-4H,1H3,(H,17,18). The van der Waals surface area contributed by atoms with Gasteiger partial charge in [0, 0.05) is 12.5 Å². The normalized spacial score (nSPS) is 10.5. The highest BCUT2D eigenvalue weighted by Gasteiger charge is 2.21. The minimum Gasteiger partial charge on any atom is -0.476 e. The number of carboxylic acid groups (broad SMARTS) is 1. The van der Waals surface area contributed by atoms with Crippen LogP contribution in [0.5, 0.6) is 0 Å². The number of rotatable bonds is 3. The van der Waals surface area contributed by atoms with Crippen molar-refractivity contribution >= 4 is 23.1 Å². The predicted molar refractivity (Wildman–Crippen MR) is 64.4 cm³/mol. The number of thiazole rings is 1. The SMILES string of the molecule is CC(=O)c1sc(-c2ccc(F)c(F)c2)nc1C(=O)O. The number of carbonyl (C=O) groups excluding carboxylic acids is 1. The quantitative estimate of drug-likeness (QED) is 0.879. The first-order valence-electron chi connectivity index (χ1n) is 5.10. The smallest absolute Gasteiger partial charge is 0.356 e. The van der Waals surface area contributed by atoms with Gasteiger partial charge >= 0.3 is 5.97 Å². The minimum absolute atomic E-state index is 0.0211. The first-order chi connectivity index (χ1) is 8.90. The zero-order chi connectivity index (χ0) is 14.2. The summed E-state index contributed by atoms with van der Waals surface area (Å²) in [6, 6.07) is 3.09. The van der Waals surface area contributed by atoms with Crippen molar-refractivity contribution in [2.45, 2.75) is 6.92 Å². The Bertz CT molecular complexity index is 650. The number of hydrogen-bond donors (Lipinski definition) is 1. The van der Waals surface area contributed by atoms with Gasteiger partial charge in [-0.1, -0.05) is 0 Å². The molecule has 7 heteroatoms.